The zero-order chi connectivity index (χ0) is 19.9. The predicted molar refractivity (Wildman–Crippen MR) is 97.8 cm³/mol. The van der Waals surface area contributed by atoms with Gasteiger partial charge in [0.1, 0.15) is 5.69 Å². The van der Waals surface area contributed by atoms with E-state index in [0.29, 0.717) is 25.1 Å². The molecule has 6 nitrogen and oxygen atoms in total. The SMILES string of the molecule is O=C(CCCS(=O)(=O)c1ccccc1)N1C[C@H]2Cc3c(C(F)F)n[nH]c3[C@H]2C1. The number of fused-ring (bicyclic) bond motifs is 3. The van der Waals surface area contributed by atoms with Crippen molar-refractivity contribution in [3.8, 4) is 0 Å². The summed E-state index contributed by atoms with van der Waals surface area (Å²) in [6, 6.07) is 8.19. The summed E-state index contributed by atoms with van der Waals surface area (Å²) in [5.74, 6) is -0.0371. The molecule has 150 valence electrons. The van der Waals surface area contributed by atoms with Crippen LogP contribution in [0.2, 0.25) is 0 Å². The molecule has 0 bridgehead atoms. The second-order valence-corrected chi connectivity index (χ2v) is 9.52. The van der Waals surface area contributed by atoms with Gasteiger partial charge in [-0.3, -0.25) is 9.89 Å². The van der Waals surface area contributed by atoms with E-state index in [1.165, 1.54) is 0 Å². The summed E-state index contributed by atoms with van der Waals surface area (Å²) in [7, 11) is -3.39. The number of nitrogens with zero attached hydrogens (tertiary/aromatic N) is 2. The molecular formula is C19H21F2N3O3S. The highest BCUT2D eigenvalue weighted by atomic mass is 32.2. The predicted octanol–water partition coefficient (Wildman–Crippen LogP) is 2.70. The number of sulfone groups is 1. The number of aromatic nitrogens is 2. The molecule has 9 heteroatoms. The van der Waals surface area contributed by atoms with E-state index >= 15 is 0 Å². The third kappa shape index (κ3) is 3.43. The van der Waals surface area contributed by atoms with Crippen molar-refractivity contribution in [2.75, 3.05) is 18.8 Å². The van der Waals surface area contributed by atoms with Crippen LogP contribution in [-0.4, -0.2) is 48.3 Å². The summed E-state index contributed by atoms with van der Waals surface area (Å²) in [5.41, 5.74) is 1.15. The number of benzene rings is 1. The van der Waals surface area contributed by atoms with E-state index < -0.39 is 16.3 Å². The molecule has 1 aliphatic carbocycles. The molecule has 1 aromatic heterocycles. The Morgan fingerprint density at radius 3 is 2.71 bits per heavy atom. The lowest BCUT2D eigenvalue weighted by atomic mass is 9.99. The van der Waals surface area contributed by atoms with Crippen LogP contribution in [0.25, 0.3) is 0 Å². The van der Waals surface area contributed by atoms with Crippen molar-refractivity contribution in [3.63, 3.8) is 0 Å². The van der Waals surface area contributed by atoms with Crippen molar-refractivity contribution in [3.05, 3.63) is 47.3 Å². The molecule has 0 radical (unpaired) electrons. The number of nitrogens with one attached hydrogen (secondary N) is 1. The topological polar surface area (TPSA) is 83.1 Å². The Bertz CT molecular complexity index is 976. The first-order chi connectivity index (χ1) is 13.4. The molecule has 2 aromatic rings. The van der Waals surface area contributed by atoms with Crippen LogP contribution < -0.4 is 0 Å². The van der Waals surface area contributed by atoms with E-state index in [1.54, 1.807) is 35.2 Å². The third-order valence-electron chi connectivity index (χ3n) is 5.67. The van der Waals surface area contributed by atoms with Gasteiger partial charge in [-0.15, -0.1) is 0 Å². The first kappa shape index (κ1) is 19.0. The fraction of sp³-hybridized carbons (Fsp3) is 0.474. The van der Waals surface area contributed by atoms with Crippen molar-refractivity contribution >= 4 is 15.7 Å². The lowest BCUT2D eigenvalue weighted by Crippen LogP contribution is -2.29. The molecule has 2 heterocycles. The summed E-state index contributed by atoms with van der Waals surface area (Å²) >= 11 is 0. The quantitative estimate of drug-likeness (QED) is 0.795. The van der Waals surface area contributed by atoms with Crippen LogP contribution in [0.1, 0.15) is 42.1 Å². The Morgan fingerprint density at radius 2 is 2.00 bits per heavy atom. The van der Waals surface area contributed by atoms with Gasteiger partial charge in [0.15, 0.2) is 9.84 Å². The summed E-state index contributed by atoms with van der Waals surface area (Å²) in [6.45, 7) is 0.979. The number of aromatic amines is 1. The monoisotopic (exact) mass is 409 g/mol. The Hall–Kier alpha value is -2.29. The van der Waals surface area contributed by atoms with Gasteiger partial charge in [-0.2, -0.15) is 5.10 Å². The summed E-state index contributed by atoms with van der Waals surface area (Å²) in [5, 5.41) is 6.46. The Balaban J connectivity index is 1.33. The molecule has 0 spiro atoms. The molecule has 4 rings (SSSR count). The second-order valence-electron chi connectivity index (χ2n) is 7.41. The largest absolute Gasteiger partial charge is 0.342 e. The average molecular weight is 409 g/mol. The normalized spacial score (nSPS) is 21.2. The maximum absolute atomic E-state index is 13.0. The highest BCUT2D eigenvalue weighted by molar-refractivity contribution is 7.91. The van der Waals surface area contributed by atoms with Crippen molar-refractivity contribution in [2.45, 2.75) is 36.5 Å². The van der Waals surface area contributed by atoms with Crippen molar-refractivity contribution < 1.29 is 22.0 Å². The molecule has 1 N–H and O–H groups in total. The molecule has 2 atom stereocenters. The van der Waals surface area contributed by atoms with Gasteiger partial charge in [-0.1, -0.05) is 18.2 Å². The number of alkyl halides is 2. The molecule has 2 aliphatic rings. The van der Waals surface area contributed by atoms with Crippen molar-refractivity contribution in [2.24, 2.45) is 5.92 Å². The number of likely N-dealkylation sites (tertiary alicyclic amines) is 1. The van der Waals surface area contributed by atoms with E-state index in [2.05, 4.69) is 10.2 Å². The van der Waals surface area contributed by atoms with Gasteiger partial charge in [0.25, 0.3) is 6.43 Å². The molecular weight excluding hydrogens is 388 g/mol. The smallest absolute Gasteiger partial charge is 0.282 e. The number of hydrogen-bond acceptors (Lipinski definition) is 4. The van der Waals surface area contributed by atoms with E-state index in [-0.39, 0.29) is 46.9 Å². The molecule has 0 unspecified atom stereocenters. The Kier molecular flexibility index (Phi) is 4.95. The summed E-state index contributed by atoms with van der Waals surface area (Å²) < 4.78 is 50.6. The first-order valence-electron chi connectivity index (χ1n) is 9.27. The number of carbonyl (C=O) groups excluding carboxylic acids is 1. The van der Waals surface area contributed by atoms with Gasteiger partial charge in [0.05, 0.1) is 10.6 Å². The number of hydrogen-bond donors (Lipinski definition) is 1. The minimum atomic E-state index is -3.39. The lowest BCUT2D eigenvalue weighted by molar-refractivity contribution is -0.130. The van der Waals surface area contributed by atoms with E-state index in [1.807, 2.05) is 0 Å². The van der Waals surface area contributed by atoms with Gasteiger partial charge >= 0.3 is 0 Å². The number of H-pyrrole nitrogens is 1. The van der Waals surface area contributed by atoms with E-state index in [0.717, 1.165) is 5.69 Å². The van der Waals surface area contributed by atoms with Gasteiger partial charge in [0, 0.05) is 36.7 Å². The van der Waals surface area contributed by atoms with Crippen LogP contribution in [0, 0.1) is 5.92 Å². The minimum Gasteiger partial charge on any atom is -0.342 e. The molecule has 1 aromatic carbocycles. The highest BCUT2D eigenvalue weighted by Gasteiger charge is 2.44. The van der Waals surface area contributed by atoms with Gasteiger partial charge in [-0.05, 0) is 30.9 Å². The van der Waals surface area contributed by atoms with Crippen LogP contribution in [0.15, 0.2) is 35.2 Å². The molecule has 1 fully saturated rings. The second kappa shape index (κ2) is 7.27. The molecule has 1 saturated heterocycles. The van der Waals surface area contributed by atoms with Gasteiger partial charge in [0.2, 0.25) is 5.91 Å². The molecule has 1 amide bonds. The van der Waals surface area contributed by atoms with E-state index in [9.17, 15) is 22.0 Å². The van der Waals surface area contributed by atoms with E-state index in [4.69, 9.17) is 0 Å². The van der Waals surface area contributed by atoms with Crippen LogP contribution in [0.5, 0.6) is 0 Å². The molecule has 0 saturated carbocycles. The Morgan fingerprint density at radius 1 is 1.25 bits per heavy atom. The van der Waals surface area contributed by atoms with Gasteiger partial charge < -0.3 is 4.90 Å². The van der Waals surface area contributed by atoms with Crippen LogP contribution >= 0.6 is 0 Å². The zero-order valence-electron chi connectivity index (χ0n) is 15.1. The average Bonchev–Trinajstić information content (AvgIpc) is 3.33. The van der Waals surface area contributed by atoms with Gasteiger partial charge in [-0.25, -0.2) is 17.2 Å². The first-order valence-corrected chi connectivity index (χ1v) is 10.9. The van der Waals surface area contributed by atoms with Crippen LogP contribution in [0.4, 0.5) is 8.78 Å². The maximum atomic E-state index is 13.0. The Labute approximate surface area is 161 Å². The summed E-state index contributed by atoms with van der Waals surface area (Å²) in [4.78, 5) is 14.5. The molecule has 1 aliphatic heterocycles. The molecule has 28 heavy (non-hydrogen) atoms. The lowest BCUT2D eigenvalue weighted by Gasteiger charge is -2.17. The third-order valence-corrected chi connectivity index (χ3v) is 7.49. The standard InChI is InChI=1S/C19H21F2N3O3S/c20-19(21)18-14-9-12-10-24(11-15(12)17(14)22-23-18)16(25)7-4-8-28(26,27)13-5-2-1-3-6-13/h1-3,5-6,12,15,19H,4,7-11H2,(H,22,23)/t12-,15+/m1/s1. The number of rotatable bonds is 6. The van der Waals surface area contributed by atoms with Crippen LogP contribution in [0.3, 0.4) is 0 Å². The fourth-order valence-electron chi connectivity index (χ4n) is 4.28. The number of halogens is 2. The summed E-state index contributed by atoms with van der Waals surface area (Å²) in [6.07, 6.45) is -1.68. The number of carbonyl (C=O) groups is 1. The maximum Gasteiger partial charge on any atom is 0.282 e. The number of amides is 1. The van der Waals surface area contributed by atoms with Crippen molar-refractivity contribution in [1.29, 1.82) is 0 Å². The van der Waals surface area contributed by atoms with Crippen molar-refractivity contribution in [1.82, 2.24) is 15.1 Å². The zero-order valence-corrected chi connectivity index (χ0v) is 16.0. The minimum absolute atomic E-state index is 0.00648. The van der Waals surface area contributed by atoms with Crippen LogP contribution in [-0.2, 0) is 21.1 Å². The highest BCUT2D eigenvalue weighted by Crippen LogP contribution is 2.44. The fourth-order valence-corrected chi connectivity index (χ4v) is 5.62.